The highest BCUT2D eigenvalue weighted by atomic mass is 16.3. The quantitative estimate of drug-likeness (QED) is 0.369. The minimum Gasteiger partial charge on any atom is -0.507 e. The normalized spacial score (nSPS) is 19.6. The Hall–Kier alpha value is -2.29. The number of phenolic OH excluding ortho intramolecular Hbond substituents is 1. The van der Waals surface area contributed by atoms with Crippen molar-refractivity contribution in [2.24, 2.45) is 17.6 Å². The van der Waals surface area contributed by atoms with E-state index in [0.717, 1.165) is 11.1 Å². The van der Waals surface area contributed by atoms with E-state index in [0.29, 0.717) is 12.0 Å². The van der Waals surface area contributed by atoms with Gasteiger partial charge in [-0.2, -0.15) is 0 Å². The van der Waals surface area contributed by atoms with Crippen LogP contribution in [-0.2, 0) is 16.0 Å². The van der Waals surface area contributed by atoms with Crippen LogP contribution in [0.25, 0.3) is 0 Å². The molecule has 0 spiro atoms. The molecule has 0 aromatic heterocycles. The Morgan fingerprint density at radius 2 is 1.96 bits per heavy atom. The molecule has 0 radical (unpaired) electrons. The van der Waals surface area contributed by atoms with Gasteiger partial charge in [0.15, 0.2) is 11.6 Å². The highest BCUT2D eigenvalue weighted by Crippen LogP contribution is 2.38. The highest BCUT2D eigenvalue weighted by molar-refractivity contribution is 6.02. The number of aliphatic hydroxyl groups excluding tert-OH is 2. The number of benzene rings is 1. The molecule has 1 aromatic carbocycles. The number of ketones is 2. The first-order valence-corrected chi connectivity index (χ1v) is 9.24. The maximum absolute atomic E-state index is 12.6. The molecule has 1 amide bonds. The largest absolute Gasteiger partial charge is 0.507 e. The zero-order chi connectivity index (χ0) is 21.1. The van der Waals surface area contributed by atoms with Gasteiger partial charge in [-0.25, -0.2) is 0 Å². The Balaban J connectivity index is 2.29. The van der Waals surface area contributed by atoms with Gasteiger partial charge in [-0.15, -0.1) is 0 Å². The molecule has 1 aliphatic rings. The third kappa shape index (κ3) is 4.40. The van der Waals surface area contributed by atoms with Gasteiger partial charge >= 0.3 is 0 Å². The lowest BCUT2D eigenvalue weighted by molar-refractivity contribution is -0.153. The minimum atomic E-state index is -2.23. The number of rotatable bonds is 9. The number of carbonyl (C=O) groups excluding carboxylic acids is 3. The molecule has 8 heteroatoms. The monoisotopic (exact) mass is 393 g/mol. The lowest BCUT2D eigenvalue weighted by Gasteiger charge is -2.36. The summed E-state index contributed by atoms with van der Waals surface area (Å²) in [6.07, 6.45) is 0.0329. The molecule has 0 unspecified atom stereocenters. The lowest BCUT2D eigenvalue weighted by atomic mass is 9.71. The van der Waals surface area contributed by atoms with E-state index in [9.17, 15) is 34.8 Å². The van der Waals surface area contributed by atoms with Gasteiger partial charge in [-0.1, -0.05) is 6.07 Å². The van der Waals surface area contributed by atoms with Crippen LogP contribution in [0.5, 0.6) is 5.75 Å². The van der Waals surface area contributed by atoms with E-state index < -0.39 is 36.2 Å². The van der Waals surface area contributed by atoms with E-state index in [2.05, 4.69) is 0 Å². The van der Waals surface area contributed by atoms with Crippen molar-refractivity contribution >= 4 is 17.5 Å². The van der Waals surface area contributed by atoms with Crippen LogP contribution in [0.2, 0.25) is 0 Å². The number of aromatic hydroxyl groups is 1. The topological polar surface area (TPSA) is 158 Å². The van der Waals surface area contributed by atoms with E-state index in [1.807, 2.05) is 6.92 Å². The molecule has 0 heterocycles. The average Bonchev–Trinajstić information content (AvgIpc) is 2.63. The van der Waals surface area contributed by atoms with Crippen molar-refractivity contribution in [3.63, 3.8) is 0 Å². The number of fused-ring (bicyclic) bond motifs is 1. The highest BCUT2D eigenvalue weighted by Gasteiger charge is 2.44. The Bertz CT molecular complexity index is 776. The van der Waals surface area contributed by atoms with Crippen molar-refractivity contribution in [2.75, 3.05) is 13.2 Å². The molecule has 0 fully saturated rings. The van der Waals surface area contributed by atoms with E-state index in [-0.39, 0.29) is 43.3 Å². The molecule has 0 aliphatic heterocycles. The molecule has 154 valence electrons. The molecule has 0 bridgehead atoms. The Kier molecular flexibility index (Phi) is 6.92. The maximum atomic E-state index is 12.6. The van der Waals surface area contributed by atoms with E-state index in [1.165, 1.54) is 6.07 Å². The van der Waals surface area contributed by atoms with Gasteiger partial charge in [0.1, 0.15) is 11.4 Å². The molecule has 2 rings (SSSR count). The summed E-state index contributed by atoms with van der Waals surface area (Å²) in [4.78, 5) is 36.0. The Morgan fingerprint density at radius 3 is 2.54 bits per heavy atom. The second-order valence-electron chi connectivity index (χ2n) is 7.55. The molecule has 8 nitrogen and oxygen atoms in total. The lowest BCUT2D eigenvalue weighted by Crippen LogP contribution is -2.51. The summed E-state index contributed by atoms with van der Waals surface area (Å²) in [5, 5.41) is 39.9. The van der Waals surface area contributed by atoms with Crippen LogP contribution in [0, 0.1) is 18.8 Å². The molecule has 0 saturated heterocycles. The third-order valence-electron chi connectivity index (χ3n) is 5.60. The van der Waals surface area contributed by atoms with Crippen molar-refractivity contribution in [3.8, 4) is 5.75 Å². The molecule has 28 heavy (non-hydrogen) atoms. The van der Waals surface area contributed by atoms with Gasteiger partial charge in [0.25, 0.3) is 0 Å². The second kappa shape index (κ2) is 8.81. The number of hydrogen-bond donors (Lipinski definition) is 5. The first-order valence-electron chi connectivity index (χ1n) is 9.24. The van der Waals surface area contributed by atoms with Crippen molar-refractivity contribution in [1.29, 1.82) is 0 Å². The minimum absolute atomic E-state index is 0.0120. The predicted molar refractivity (Wildman–Crippen MR) is 99.6 cm³/mol. The zero-order valence-corrected chi connectivity index (χ0v) is 15.9. The van der Waals surface area contributed by atoms with Crippen LogP contribution in [-0.4, -0.2) is 56.7 Å². The third-order valence-corrected chi connectivity index (χ3v) is 5.60. The molecule has 3 atom stereocenters. The van der Waals surface area contributed by atoms with Gasteiger partial charge in [0, 0.05) is 13.0 Å². The number of phenols is 1. The average molecular weight is 393 g/mol. The summed E-state index contributed by atoms with van der Waals surface area (Å²) >= 11 is 0. The van der Waals surface area contributed by atoms with Gasteiger partial charge in [0.2, 0.25) is 5.91 Å². The van der Waals surface area contributed by atoms with E-state index >= 15 is 0 Å². The van der Waals surface area contributed by atoms with Gasteiger partial charge < -0.3 is 26.2 Å². The smallest absolute Gasteiger partial charge is 0.224 e. The van der Waals surface area contributed by atoms with Crippen LogP contribution >= 0.6 is 0 Å². The fraction of sp³-hybridized carbons (Fsp3) is 0.550. The molecule has 1 aromatic rings. The molecule has 0 saturated carbocycles. The van der Waals surface area contributed by atoms with Crippen molar-refractivity contribution < 1.29 is 34.8 Å². The standard InChI is InChI=1S/C20H27NO7/c1-11-2-3-15(24)19-14(11)7-12(8-16(19)25)6-13(4-5-22)20(28,10-23)17(26)9-18(21)27/h2-3,12-13,22-24,28H,4-10H2,1H3,(H2,21,27)/t12-,13-,20-/m1/s1. The van der Waals surface area contributed by atoms with E-state index in [1.54, 1.807) is 6.07 Å². The van der Waals surface area contributed by atoms with E-state index in [4.69, 9.17) is 5.73 Å². The van der Waals surface area contributed by atoms with Crippen molar-refractivity contribution in [2.45, 2.75) is 44.6 Å². The molecular formula is C20H27NO7. The number of aliphatic hydroxyl groups is 3. The zero-order valence-electron chi connectivity index (χ0n) is 15.9. The summed E-state index contributed by atoms with van der Waals surface area (Å²) in [6, 6.07) is 3.20. The number of nitrogens with two attached hydrogens (primary N) is 1. The van der Waals surface area contributed by atoms with Crippen molar-refractivity contribution in [3.05, 3.63) is 28.8 Å². The van der Waals surface area contributed by atoms with Crippen LogP contribution in [0.4, 0.5) is 0 Å². The molecule has 6 N–H and O–H groups in total. The first-order chi connectivity index (χ1) is 13.1. The van der Waals surface area contributed by atoms with Crippen LogP contribution in [0.1, 0.15) is 47.2 Å². The number of aryl methyl sites for hydroxylation is 1. The summed E-state index contributed by atoms with van der Waals surface area (Å²) in [6.45, 7) is 0.578. The number of hydrogen-bond acceptors (Lipinski definition) is 7. The fourth-order valence-electron chi connectivity index (χ4n) is 4.07. The Labute approximate surface area is 163 Å². The first kappa shape index (κ1) is 22.0. The predicted octanol–water partition coefficient (Wildman–Crippen LogP) is 0.00232. The SMILES string of the molecule is Cc1ccc(O)c2c1C[C@@H](C[C@@H](CCO)[C@](O)(CO)C(=O)CC(N)=O)CC2=O. The maximum Gasteiger partial charge on any atom is 0.224 e. The van der Waals surface area contributed by atoms with Gasteiger partial charge in [0.05, 0.1) is 18.6 Å². The summed E-state index contributed by atoms with van der Waals surface area (Å²) in [5.41, 5.74) is 4.69. The number of primary amides is 1. The van der Waals surface area contributed by atoms with Crippen LogP contribution in [0.3, 0.4) is 0 Å². The van der Waals surface area contributed by atoms with Gasteiger partial charge in [-0.3, -0.25) is 14.4 Å². The number of carbonyl (C=O) groups is 3. The summed E-state index contributed by atoms with van der Waals surface area (Å²) in [7, 11) is 0. The number of Topliss-reactive ketones (excluding diaryl/α,β-unsaturated/α-hetero) is 2. The molecule has 1 aliphatic carbocycles. The van der Waals surface area contributed by atoms with Crippen LogP contribution in [0.15, 0.2) is 12.1 Å². The number of amides is 1. The summed E-state index contributed by atoms with van der Waals surface area (Å²) < 4.78 is 0. The Morgan fingerprint density at radius 1 is 1.29 bits per heavy atom. The van der Waals surface area contributed by atoms with Gasteiger partial charge in [-0.05, 0) is 55.2 Å². The summed E-state index contributed by atoms with van der Waals surface area (Å²) in [5.74, 6) is -3.24. The fourth-order valence-corrected chi connectivity index (χ4v) is 4.07. The van der Waals surface area contributed by atoms with Crippen molar-refractivity contribution in [1.82, 2.24) is 0 Å². The molecular weight excluding hydrogens is 366 g/mol. The second-order valence-corrected chi connectivity index (χ2v) is 7.55. The van der Waals surface area contributed by atoms with Crippen LogP contribution < -0.4 is 5.73 Å².